The number of piperidine rings is 1. The molecule has 1 fully saturated rings. The molecule has 0 aromatic heterocycles. The van der Waals surface area contributed by atoms with Crippen LogP contribution in [0.15, 0.2) is 28.7 Å². The second-order valence-electron chi connectivity index (χ2n) is 4.39. The Bertz CT molecular complexity index is 467. The second kappa shape index (κ2) is 6.14. The van der Waals surface area contributed by atoms with E-state index in [2.05, 4.69) is 15.9 Å². The van der Waals surface area contributed by atoms with E-state index in [1.165, 1.54) is 24.6 Å². The number of rotatable bonds is 2. The molecule has 1 heterocycles. The first kappa shape index (κ1) is 13.3. The van der Waals surface area contributed by atoms with Crippen molar-refractivity contribution in [1.82, 2.24) is 4.90 Å². The molecule has 0 spiro atoms. The zero-order valence-corrected chi connectivity index (χ0v) is 11.6. The Morgan fingerprint density at radius 3 is 2.72 bits per heavy atom. The van der Waals surface area contributed by atoms with Crippen LogP contribution >= 0.6 is 15.9 Å². The number of carbonyl (C=O) groups excluding carboxylic acids is 1. The summed E-state index contributed by atoms with van der Waals surface area (Å²) >= 11 is 3.28. The van der Waals surface area contributed by atoms with Crippen molar-refractivity contribution in [1.29, 1.82) is 0 Å². The average Bonchev–Trinajstić information content (AvgIpc) is 2.40. The fourth-order valence-electron chi connectivity index (χ4n) is 2.02. The van der Waals surface area contributed by atoms with Gasteiger partial charge in [-0.15, -0.1) is 0 Å². The third-order valence-electron chi connectivity index (χ3n) is 3.03. The minimum absolute atomic E-state index is 0.0333. The average molecular weight is 312 g/mol. The van der Waals surface area contributed by atoms with E-state index in [1.807, 2.05) is 4.90 Å². The van der Waals surface area contributed by atoms with Gasteiger partial charge in [-0.1, -0.05) is 15.9 Å². The van der Waals surface area contributed by atoms with E-state index in [0.717, 1.165) is 30.4 Å². The zero-order chi connectivity index (χ0) is 13.0. The fraction of sp³-hybridized carbons (Fsp3) is 0.357. The Kier molecular flexibility index (Phi) is 4.53. The molecule has 1 aromatic rings. The van der Waals surface area contributed by atoms with Gasteiger partial charge in [-0.2, -0.15) is 0 Å². The SMILES string of the molecule is O=C(/C=C/c1cc(Br)ccc1F)N1CCCCC1. The van der Waals surface area contributed by atoms with Crippen molar-refractivity contribution >= 4 is 27.9 Å². The third-order valence-corrected chi connectivity index (χ3v) is 3.52. The van der Waals surface area contributed by atoms with E-state index in [0.29, 0.717) is 5.56 Å². The number of benzene rings is 1. The summed E-state index contributed by atoms with van der Waals surface area (Å²) in [6.07, 6.45) is 6.30. The van der Waals surface area contributed by atoms with E-state index >= 15 is 0 Å². The molecule has 0 saturated carbocycles. The lowest BCUT2D eigenvalue weighted by atomic mass is 10.1. The minimum atomic E-state index is -0.319. The summed E-state index contributed by atoms with van der Waals surface area (Å²) in [5, 5.41) is 0. The maximum absolute atomic E-state index is 13.5. The highest BCUT2D eigenvalue weighted by atomic mass is 79.9. The van der Waals surface area contributed by atoms with Crippen molar-refractivity contribution in [3.63, 3.8) is 0 Å². The molecule has 0 N–H and O–H groups in total. The highest BCUT2D eigenvalue weighted by Gasteiger charge is 2.13. The van der Waals surface area contributed by atoms with Gasteiger partial charge in [0.1, 0.15) is 5.82 Å². The van der Waals surface area contributed by atoms with Crippen molar-refractivity contribution in [3.8, 4) is 0 Å². The van der Waals surface area contributed by atoms with Crippen LogP contribution in [-0.4, -0.2) is 23.9 Å². The predicted octanol–water partition coefficient (Wildman–Crippen LogP) is 3.61. The molecule has 1 aliphatic heterocycles. The number of hydrogen-bond donors (Lipinski definition) is 0. The van der Waals surface area contributed by atoms with Gasteiger partial charge < -0.3 is 4.90 Å². The lowest BCUT2D eigenvalue weighted by Gasteiger charge is -2.25. The maximum Gasteiger partial charge on any atom is 0.246 e. The molecule has 0 bridgehead atoms. The number of carbonyl (C=O) groups is 1. The molecule has 0 unspecified atom stereocenters. The van der Waals surface area contributed by atoms with Gasteiger partial charge in [-0.25, -0.2) is 4.39 Å². The first-order chi connectivity index (χ1) is 8.66. The predicted molar refractivity (Wildman–Crippen MR) is 73.6 cm³/mol. The van der Waals surface area contributed by atoms with Crippen molar-refractivity contribution in [2.75, 3.05) is 13.1 Å². The third kappa shape index (κ3) is 3.42. The molecular weight excluding hydrogens is 297 g/mol. The van der Waals surface area contributed by atoms with Crippen LogP contribution in [0.2, 0.25) is 0 Å². The van der Waals surface area contributed by atoms with Gasteiger partial charge >= 0.3 is 0 Å². The molecule has 0 aliphatic carbocycles. The minimum Gasteiger partial charge on any atom is -0.339 e. The highest BCUT2D eigenvalue weighted by molar-refractivity contribution is 9.10. The summed E-state index contributed by atoms with van der Waals surface area (Å²) in [6.45, 7) is 1.62. The number of hydrogen-bond acceptors (Lipinski definition) is 1. The summed E-state index contributed by atoms with van der Waals surface area (Å²) in [6, 6.07) is 4.68. The van der Waals surface area contributed by atoms with Crippen LogP contribution < -0.4 is 0 Å². The summed E-state index contributed by atoms with van der Waals surface area (Å²) < 4.78 is 14.3. The number of likely N-dealkylation sites (tertiary alicyclic amines) is 1. The molecule has 2 rings (SSSR count). The van der Waals surface area contributed by atoms with Crippen LogP contribution in [0.3, 0.4) is 0 Å². The normalized spacial score (nSPS) is 16.2. The van der Waals surface area contributed by atoms with Crippen LogP contribution in [0.25, 0.3) is 6.08 Å². The fourth-order valence-corrected chi connectivity index (χ4v) is 2.40. The molecule has 1 saturated heterocycles. The molecule has 0 atom stereocenters. The molecule has 0 radical (unpaired) electrons. The molecule has 1 aromatic carbocycles. The van der Waals surface area contributed by atoms with Crippen LogP contribution in [0.4, 0.5) is 4.39 Å². The Morgan fingerprint density at radius 1 is 1.28 bits per heavy atom. The molecule has 18 heavy (non-hydrogen) atoms. The topological polar surface area (TPSA) is 20.3 Å². The van der Waals surface area contributed by atoms with E-state index in [4.69, 9.17) is 0 Å². The summed E-state index contributed by atoms with van der Waals surface area (Å²) in [4.78, 5) is 13.7. The van der Waals surface area contributed by atoms with Gasteiger partial charge in [0.15, 0.2) is 0 Å². The molecular formula is C14H15BrFNO. The van der Waals surface area contributed by atoms with Gasteiger partial charge in [-0.3, -0.25) is 4.79 Å². The summed E-state index contributed by atoms with van der Waals surface area (Å²) in [7, 11) is 0. The standard InChI is InChI=1S/C14H15BrFNO/c15-12-5-6-13(16)11(10-12)4-7-14(18)17-8-2-1-3-9-17/h4-7,10H,1-3,8-9H2/b7-4+. The van der Waals surface area contributed by atoms with Crippen molar-refractivity contribution in [3.05, 3.63) is 40.1 Å². The van der Waals surface area contributed by atoms with Gasteiger partial charge in [0.05, 0.1) is 0 Å². The van der Waals surface area contributed by atoms with Gasteiger partial charge in [0.25, 0.3) is 0 Å². The van der Waals surface area contributed by atoms with Crippen molar-refractivity contribution in [2.45, 2.75) is 19.3 Å². The Hall–Kier alpha value is -1.16. The number of amides is 1. The van der Waals surface area contributed by atoms with Gasteiger partial charge in [0, 0.05) is 29.2 Å². The Labute approximate surface area is 115 Å². The summed E-state index contributed by atoms with van der Waals surface area (Å²) in [5.74, 6) is -0.352. The number of nitrogens with zero attached hydrogens (tertiary/aromatic N) is 1. The van der Waals surface area contributed by atoms with Crippen LogP contribution in [-0.2, 0) is 4.79 Å². The lowest BCUT2D eigenvalue weighted by molar-refractivity contribution is -0.126. The quantitative estimate of drug-likeness (QED) is 0.764. The monoisotopic (exact) mass is 311 g/mol. The van der Waals surface area contributed by atoms with Crippen LogP contribution in [0.5, 0.6) is 0 Å². The molecule has 1 amide bonds. The van der Waals surface area contributed by atoms with E-state index < -0.39 is 0 Å². The first-order valence-corrected chi connectivity index (χ1v) is 6.88. The van der Waals surface area contributed by atoms with Gasteiger partial charge in [-0.05, 0) is 43.5 Å². The smallest absolute Gasteiger partial charge is 0.246 e. The number of halogens is 2. The van der Waals surface area contributed by atoms with Gasteiger partial charge in [0.2, 0.25) is 5.91 Å². The molecule has 2 nitrogen and oxygen atoms in total. The lowest BCUT2D eigenvalue weighted by Crippen LogP contribution is -2.34. The van der Waals surface area contributed by atoms with Crippen LogP contribution in [0, 0.1) is 5.82 Å². The highest BCUT2D eigenvalue weighted by Crippen LogP contribution is 2.17. The Balaban J connectivity index is 2.05. The zero-order valence-electron chi connectivity index (χ0n) is 10.0. The molecule has 1 aliphatic rings. The Morgan fingerprint density at radius 2 is 2.00 bits per heavy atom. The molecule has 96 valence electrons. The van der Waals surface area contributed by atoms with E-state index in [1.54, 1.807) is 12.1 Å². The molecule has 4 heteroatoms. The largest absolute Gasteiger partial charge is 0.339 e. The van der Waals surface area contributed by atoms with E-state index in [9.17, 15) is 9.18 Å². The van der Waals surface area contributed by atoms with Crippen molar-refractivity contribution in [2.24, 2.45) is 0 Å². The van der Waals surface area contributed by atoms with E-state index in [-0.39, 0.29) is 11.7 Å². The first-order valence-electron chi connectivity index (χ1n) is 6.09. The van der Waals surface area contributed by atoms with Crippen LogP contribution in [0.1, 0.15) is 24.8 Å². The second-order valence-corrected chi connectivity index (χ2v) is 5.30. The maximum atomic E-state index is 13.5. The van der Waals surface area contributed by atoms with Crippen molar-refractivity contribution < 1.29 is 9.18 Å². The summed E-state index contributed by atoms with van der Waals surface area (Å²) in [5.41, 5.74) is 0.426.